The van der Waals surface area contributed by atoms with Crippen LogP contribution in [0.15, 0.2) is 0 Å². The lowest BCUT2D eigenvalue weighted by atomic mass is 9.67. The molecule has 0 N–H and O–H groups in total. The number of carbonyl (C=O) groups is 2. The van der Waals surface area contributed by atoms with E-state index < -0.39 is 5.41 Å². The molecule has 0 saturated heterocycles. The normalized spacial score (nSPS) is 27.9. The standard InChI is InChI=1S/C30H54O4/c1-11-13-14-15-16-21(3)33-25(31)23(12-2)27(4,5)20-28(6,7)26(32)34-24-19-22-17-18-30(24,10)29(22,8)9/h21-24H,11-20H2,1-10H3. The molecule has 2 fully saturated rings. The van der Waals surface area contributed by atoms with E-state index in [-0.39, 0.29) is 46.3 Å². The topological polar surface area (TPSA) is 52.6 Å². The number of unbranched alkanes of at least 4 members (excludes halogenated alkanes) is 3. The highest BCUT2D eigenvalue weighted by Crippen LogP contribution is 2.66. The summed E-state index contributed by atoms with van der Waals surface area (Å²) in [7, 11) is 0. The minimum absolute atomic E-state index is 0.00312. The van der Waals surface area contributed by atoms with Crippen molar-refractivity contribution in [2.45, 2.75) is 146 Å². The maximum Gasteiger partial charge on any atom is 0.311 e. The number of rotatable bonds is 13. The molecule has 2 aliphatic carbocycles. The molecule has 0 aromatic heterocycles. The fourth-order valence-electron chi connectivity index (χ4n) is 7.17. The molecule has 2 rings (SSSR count). The second-order valence-electron chi connectivity index (χ2n) is 13.6. The summed E-state index contributed by atoms with van der Waals surface area (Å²) in [6.45, 7) is 21.4. The van der Waals surface area contributed by atoms with Gasteiger partial charge in [-0.2, -0.15) is 0 Å². The van der Waals surface area contributed by atoms with E-state index in [2.05, 4.69) is 41.5 Å². The molecule has 34 heavy (non-hydrogen) atoms. The molecule has 0 spiro atoms. The van der Waals surface area contributed by atoms with Gasteiger partial charge in [0, 0.05) is 5.41 Å². The Kier molecular flexibility index (Phi) is 9.36. The lowest BCUT2D eigenvalue weighted by Gasteiger charge is -2.41. The zero-order chi connectivity index (χ0) is 25.9. The molecule has 0 aromatic rings. The summed E-state index contributed by atoms with van der Waals surface area (Å²) in [5.74, 6) is 0.152. The molecule has 0 radical (unpaired) electrons. The average molecular weight is 479 g/mol. The zero-order valence-electron chi connectivity index (χ0n) is 24.0. The van der Waals surface area contributed by atoms with Crippen molar-refractivity contribution in [1.82, 2.24) is 0 Å². The van der Waals surface area contributed by atoms with Gasteiger partial charge >= 0.3 is 11.9 Å². The van der Waals surface area contributed by atoms with E-state index >= 15 is 0 Å². The second-order valence-corrected chi connectivity index (χ2v) is 13.6. The predicted octanol–water partition coefficient (Wildman–Crippen LogP) is 8.12. The third-order valence-corrected chi connectivity index (χ3v) is 9.83. The van der Waals surface area contributed by atoms with Crippen LogP contribution in [-0.2, 0) is 19.1 Å². The van der Waals surface area contributed by atoms with Gasteiger partial charge < -0.3 is 9.47 Å². The van der Waals surface area contributed by atoms with Crippen molar-refractivity contribution in [3.8, 4) is 0 Å². The van der Waals surface area contributed by atoms with Crippen molar-refractivity contribution in [2.75, 3.05) is 0 Å². The van der Waals surface area contributed by atoms with Gasteiger partial charge in [0.2, 0.25) is 0 Å². The van der Waals surface area contributed by atoms with Crippen LogP contribution in [-0.4, -0.2) is 24.1 Å². The number of esters is 2. The molecular formula is C30H54O4. The van der Waals surface area contributed by atoms with Gasteiger partial charge in [0.05, 0.1) is 17.4 Å². The second kappa shape index (κ2) is 10.9. The number of hydrogen-bond acceptors (Lipinski definition) is 4. The van der Waals surface area contributed by atoms with Gasteiger partial charge in [-0.15, -0.1) is 0 Å². The van der Waals surface area contributed by atoms with Crippen molar-refractivity contribution >= 4 is 11.9 Å². The Morgan fingerprint density at radius 2 is 1.68 bits per heavy atom. The zero-order valence-corrected chi connectivity index (χ0v) is 24.0. The largest absolute Gasteiger partial charge is 0.462 e. The van der Waals surface area contributed by atoms with Crippen molar-refractivity contribution in [3.05, 3.63) is 0 Å². The molecule has 0 amide bonds. The van der Waals surface area contributed by atoms with Crippen LogP contribution in [0.1, 0.15) is 133 Å². The van der Waals surface area contributed by atoms with E-state index in [9.17, 15) is 9.59 Å². The Hall–Kier alpha value is -1.06. The minimum Gasteiger partial charge on any atom is -0.462 e. The lowest BCUT2D eigenvalue weighted by molar-refractivity contribution is -0.172. The first-order valence-corrected chi connectivity index (χ1v) is 14.0. The van der Waals surface area contributed by atoms with E-state index in [1.807, 2.05) is 27.7 Å². The predicted molar refractivity (Wildman–Crippen MR) is 139 cm³/mol. The summed E-state index contributed by atoms with van der Waals surface area (Å²) in [5, 5.41) is 0. The van der Waals surface area contributed by atoms with Crippen LogP contribution < -0.4 is 0 Å². The van der Waals surface area contributed by atoms with Crippen LogP contribution in [0.4, 0.5) is 0 Å². The third-order valence-electron chi connectivity index (χ3n) is 9.83. The Labute approximate surface area is 210 Å². The Morgan fingerprint density at radius 3 is 2.18 bits per heavy atom. The van der Waals surface area contributed by atoms with Gasteiger partial charge in [-0.25, -0.2) is 0 Å². The number of hydrogen-bond donors (Lipinski definition) is 0. The number of fused-ring (bicyclic) bond motifs is 2. The molecule has 0 aromatic carbocycles. The van der Waals surface area contributed by atoms with Crippen molar-refractivity contribution in [3.63, 3.8) is 0 Å². The van der Waals surface area contributed by atoms with Crippen LogP contribution in [0, 0.1) is 33.5 Å². The summed E-state index contributed by atoms with van der Waals surface area (Å²) in [5.41, 5.74) is -0.757. The fraction of sp³-hybridized carbons (Fsp3) is 0.933. The smallest absolute Gasteiger partial charge is 0.311 e. The fourth-order valence-corrected chi connectivity index (χ4v) is 7.17. The van der Waals surface area contributed by atoms with Crippen molar-refractivity contribution in [2.24, 2.45) is 33.5 Å². The molecule has 2 bridgehead atoms. The molecule has 2 saturated carbocycles. The maximum absolute atomic E-state index is 13.4. The highest BCUT2D eigenvalue weighted by molar-refractivity contribution is 5.77. The molecule has 198 valence electrons. The monoisotopic (exact) mass is 478 g/mol. The van der Waals surface area contributed by atoms with Gasteiger partial charge in [-0.05, 0) is 82.5 Å². The molecule has 0 aliphatic heterocycles. The molecule has 4 heteroatoms. The van der Waals surface area contributed by atoms with Gasteiger partial charge in [-0.3, -0.25) is 9.59 Å². The van der Waals surface area contributed by atoms with Gasteiger partial charge in [-0.1, -0.05) is 67.7 Å². The van der Waals surface area contributed by atoms with Crippen LogP contribution in [0.5, 0.6) is 0 Å². The van der Waals surface area contributed by atoms with E-state index in [0.29, 0.717) is 18.8 Å². The summed E-state index contributed by atoms with van der Waals surface area (Å²) in [6, 6.07) is 0. The van der Waals surface area contributed by atoms with Crippen molar-refractivity contribution < 1.29 is 19.1 Å². The number of carbonyl (C=O) groups excluding carboxylic acids is 2. The first kappa shape index (κ1) is 29.2. The maximum atomic E-state index is 13.4. The Balaban J connectivity index is 1.99. The van der Waals surface area contributed by atoms with E-state index in [1.54, 1.807) is 0 Å². The average Bonchev–Trinajstić information content (AvgIpc) is 3.04. The summed E-state index contributed by atoms with van der Waals surface area (Å²) in [6.07, 6.45) is 10.2. The minimum atomic E-state index is -0.661. The molecular weight excluding hydrogens is 424 g/mol. The van der Waals surface area contributed by atoms with Crippen LogP contribution >= 0.6 is 0 Å². The first-order valence-electron chi connectivity index (χ1n) is 14.0. The lowest BCUT2D eigenvalue weighted by Crippen LogP contribution is -2.43. The highest BCUT2D eigenvalue weighted by atomic mass is 16.5. The van der Waals surface area contributed by atoms with E-state index in [0.717, 1.165) is 25.7 Å². The van der Waals surface area contributed by atoms with Gasteiger partial charge in [0.1, 0.15) is 6.10 Å². The molecule has 5 atom stereocenters. The highest BCUT2D eigenvalue weighted by Gasteiger charge is 2.63. The Morgan fingerprint density at radius 1 is 1.03 bits per heavy atom. The summed E-state index contributed by atoms with van der Waals surface area (Å²) >= 11 is 0. The van der Waals surface area contributed by atoms with Gasteiger partial charge in [0.25, 0.3) is 0 Å². The Bertz CT molecular complexity index is 707. The van der Waals surface area contributed by atoms with Crippen LogP contribution in [0.2, 0.25) is 0 Å². The van der Waals surface area contributed by atoms with Crippen molar-refractivity contribution in [1.29, 1.82) is 0 Å². The van der Waals surface area contributed by atoms with Crippen LogP contribution in [0.25, 0.3) is 0 Å². The summed E-state index contributed by atoms with van der Waals surface area (Å²) in [4.78, 5) is 26.5. The van der Waals surface area contributed by atoms with E-state index in [1.165, 1.54) is 25.7 Å². The number of ether oxygens (including phenoxy) is 2. The quantitative estimate of drug-likeness (QED) is 0.198. The SMILES string of the molecule is CCCCCCC(C)OC(=O)C(CC)C(C)(C)CC(C)(C)C(=O)OC1CC2CCC1(C)C2(C)C. The van der Waals surface area contributed by atoms with Gasteiger partial charge in [0.15, 0.2) is 0 Å². The molecule has 5 unspecified atom stereocenters. The van der Waals surface area contributed by atoms with E-state index in [4.69, 9.17) is 9.47 Å². The molecule has 4 nitrogen and oxygen atoms in total. The first-order chi connectivity index (χ1) is 15.6. The van der Waals surface area contributed by atoms with Crippen LogP contribution in [0.3, 0.4) is 0 Å². The molecule has 0 heterocycles. The summed E-state index contributed by atoms with van der Waals surface area (Å²) < 4.78 is 12.1. The third kappa shape index (κ3) is 6.01. The molecule has 2 aliphatic rings.